The molecule has 1 aliphatic rings. The standard InChI is InChI=1S/C55H37NO/c1-4-17-38(18-5-1)39-19-14-20-40(35-39)41-21-15-26-45(36-41)56(44-24-8-3-9-25-44)51-31-16-32-53-54(51)48-37-43(33-34-52(48)57-53)55(42-22-6-2-7-23-42)49-29-12-10-27-46(49)47-28-11-13-30-50(47)55/h1-37H. The summed E-state index contributed by atoms with van der Waals surface area (Å²) >= 11 is 0. The Bertz CT molecular complexity index is 3030. The number of para-hydroxylation sites is 1. The molecule has 268 valence electrons. The van der Waals surface area contributed by atoms with Gasteiger partial charge in [-0.2, -0.15) is 0 Å². The van der Waals surface area contributed by atoms with E-state index >= 15 is 0 Å². The first-order valence-electron chi connectivity index (χ1n) is 19.6. The molecule has 11 rings (SSSR count). The SMILES string of the molecule is c1ccc(-c2cccc(-c3cccc(N(c4ccccc4)c4cccc5oc6ccc(C7(c8ccccc8)c8ccccc8-c8ccccc87)cc6c45)c3)c2)cc1. The molecule has 1 aliphatic carbocycles. The van der Waals surface area contributed by atoms with Crippen LogP contribution in [0.5, 0.6) is 0 Å². The van der Waals surface area contributed by atoms with Crippen molar-refractivity contribution in [2.75, 3.05) is 4.90 Å². The van der Waals surface area contributed by atoms with Gasteiger partial charge in [-0.25, -0.2) is 0 Å². The van der Waals surface area contributed by atoms with Gasteiger partial charge in [0.25, 0.3) is 0 Å². The molecule has 10 aromatic rings. The Hall–Kier alpha value is -7.42. The first-order valence-corrected chi connectivity index (χ1v) is 19.6. The summed E-state index contributed by atoms with van der Waals surface area (Å²) in [4.78, 5) is 2.38. The zero-order valence-corrected chi connectivity index (χ0v) is 31.2. The number of hydrogen-bond acceptors (Lipinski definition) is 2. The maximum atomic E-state index is 6.73. The average Bonchev–Trinajstić information content (AvgIpc) is 3.82. The van der Waals surface area contributed by atoms with Crippen molar-refractivity contribution in [3.05, 3.63) is 247 Å². The minimum absolute atomic E-state index is 0.511. The van der Waals surface area contributed by atoms with Gasteiger partial charge in [-0.1, -0.05) is 170 Å². The largest absolute Gasteiger partial charge is 0.456 e. The molecule has 2 heteroatoms. The van der Waals surface area contributed by atoms with Crippen LogP contribution >= 0.6 is 0 Å². The molecule has 0 saturated heterocycles. The molecule has 0 atom stereocenters. The normalized spacial score (nSPS) is 12.7. The summed E-state index contributed by atoms with van der Waals surface area (Å²) in [5.74, 6) is 0. The topological polar surface area (TPSA) is 16.4 Å². The van der Waals surface area contributed by atoms with Gasteiger partial charge in [-0.3, -0.25) is 0 Å². The van der Waals surface area contributed by atoms with E-state index in [1.165, 1.54) is 50.1 Å². The molecular weight excluding hydrogens is 691 g/mol. The van der Waals surface area contributed by atoms with Gasteiger partial charge in [-0.15, -0.1) is 0 Å². The molecular formula is C55H37NO. The lowest BCUT2D eigenvalue weighted by molar-refractivity contribution is 0.668. The van der Waals surface area contributed by atoms with Crippen LogP contribution in [0.15, 0.2) is 229 Å². The highest BCUT2D eigenvalue weighted by atomic mass is 16.3. The van der Waals surface area contributed by atoms with Gasteiger partial charge in [0.15, 0.2) is 0 Å². The Morgan fingerprint density at radius 1 is 0.351 bits per heavy atom. The number of furan rings is 1. The van der Waals surface area contributed by atoms with E-state index in [2.05, 4.69) is 229 Å². The number of hydrogen-bond donors (Lipinski definition) is 0. The van der Waals surface area contributed by atoms with Crippen molar-refractivity contribution < 1.29 is 4.42 Å². The lowest BCUT2D eigenvalue weighted by Gasteiger charge is -2.34. The number of nitrogens with zero attached hydrogens (tertiary/aromatic N) is 1. The first kappa shape index (κ1) is 33.0. The van der Waals surface area contributed by atoms with Gasteiger partial charge in [0.2, 0.25) is 0 Å². The van der Waals surface area contributed by atoms with Crippen LogP contribution in [0, 0.1) is 0 Å². The van der Waals surface area contributed by atoms with E-state index in [4.69, 9.17) is 4.42 Å². The van der Waals surface area contributed by atoms with Crippen molar-refractivity contribution in [1.29, 1.82) is 0 Å². The number of fused-ring (bicyclic) bond motifs is 6. The highest BCUT2D eigenvalue weighted by Crippen LogP contribution is 2.56. The quantitative estimate of drug-likeness (QED) is 0.163. The summed E-state index contributed by atoms with van der Waals surface area (Å²) in [7, 11) is 0. The van der Waals surface area contributed by atoms with E-state index in [-0.39, 0.29) is 0 Å². The second-order valence-electron chi connectivity index (χ2n) is 14.8. The van der Waals surface area contributed by atoms with Gasteiger partial charge < -0.3 is 9.32 Å². The van der Waals surface area contributed by atoms with Crippen LogP contribution in [0.4, 0.5) is 17.1 Å². The number of anilines is 3. The van der Waals surface area contributed by atoms with Gasteiger partial charge in [0, 0.05) is 16.8 Å². The molecule has 0 bridgehead atoms. The summed E-state index contributed by atoms with van der Waals surface area (Å²) < 4.78 is 6.73. The summed E-state index contributed by atoms with van der Waals surface area (Å²) in [6, 6.07) is 81.1. The Labute approximate surface area is 332 Å². The van der Waals surface area contributed by atoms with Gasteiger partial charge >= 0.3 is 0 Å². The summed E-state index contributed by atoms with van der Waals surface area (Å²) in [5.41, 5.74) is 16.7. The monoisotopic (exact) mass is 727 g/mol. The Kier molecular flexibility index (Phi) is 7.75. The summed E-state index contributed by atoms with van der Waals surface area (Å²) in [6.45, 7) is 0. The van der Waals surface area contributed by atoms with Crippen molar-refractivity contribution in [3.8, 4) is 33.4 Å². The zero-order chi connectivity index (χ0) is 37.8. The molecule has 1 heterocycles. The second kappa shape index (κ2) is 13.4. The molecule has 0 fully saturated rings. The maximum Gasteiger partial charge on any atom is 0.137 e. The van der Waals surface area contributed by atoms with Crippen LogP contribution in [0.1, 0.15) is 22.3 Å². The van der Waals surface area contributed by atoms with Crippen LogP contribution in [-0.2, 0) is 5.41 Å². The van der Waals surface area contributed by atoms with Gasteiger partial charge in [0.1, 0.15) is 11.2 Å². The van der Waals surface area contributed by atoms with E-state index in [1.807, 2.05) is 0 Å². The van der Waals surface area contributed by atoms with Crippen molar-refractivity contribution in [2.45, 2.75) is 5.41 Å². The van der Waals surface area contributed by atoms with Crippen LogP contribution in [-0.4, -0.2) is 0 Å². The Balaban J connectivity index is 1.13. The molecule has 2 nitrogen and oxygen atoms in total. The zero-order valence-electron chi connectivity index (χ0n) is 31.2. The fourth-order valence-corrected chi connectivity index (χ4v) is 9.28. The van der Waals surface area contributed by atoms with Crippen LogP contribution in [0.25, 0.3) is 55.3 Å². The third kappa shape index (κ3) is 5.26. The molecule has 0 radical (unpaired) electrons. The maximum absolute atomic E-state index is 6.73. The van der Waals surface area contributed by atoms with E-state index in [9.17, 15) is 0 Å². The van der Waals surface area contributed by atoms with Crippen molar-refractivity contribution >= 4 is 39.0 Å². The van der Waals surface area contributed by atoms with Crippen LogP contribution in [0.2, 0.25) is 0 Å². The smallest absolute Gasteiger partial charge is 0.137 e. The molecule has 0 spiro atoms. The molecule has 9 aromatic carbocycles. The van der Waals surface area contributed by atoms with E-state index in [0.29, 0.717) is 0 Å². The van der Waals surface area contributed by atoms with Gasteiger partial charge in [0.05, 0.1) is 16.5 Å². The number of benzene rings is 9. The summed E-state index contributed by atoms with van der Waals surface area (Å²) in [6.07, 6.45) is 0. The Morgan fingerprint density at radius 3 is 1.61 bits per heavy atom. The molecule has 57 heavy (non-hydrogen) atoms. The molecule has 1 aromatic heterocycles. The minimum atomic E-state index is -0.511. The van der Waals surface area contributed by atoms with Crippen LogP contribution < -0.4 is 4.90 Å². The highest BCUT2D eigenvalue weighted by Gasteiger charge is 2.46. The molecule has 0 N–H and O–H groups in total. The summed E-state index contributed by atoms with van der Waals surface area (Å²) in [5, 5.41) is 2.17. The molecule has 0 amide bonds. The third-order valence-electron chi connectivity index (χ3n) is 11.7. The fourth-order valence-electron chi connectivity index (χ4n) is 9.28. The van der Waals surface area contributed by atoms with Gasteiger partial charge in [-0.05, 0) is 110 Å². The fraction of sp³-hybridized carbons (Fsp3) is 0.0182. The van der Waals surface area contributed by atoms with Crippen molar-refractivity contribution in [1.82, 2.24) is 0 Å². The van der Waals surface area contributed by atoms with E-state index in [0.717, 1.165) is 44.6 Å². The third-order valence-corrected chi connectivity index (χ3v) is 11.7. The van der Waals surface area contributed by atoms with E-state index < -0.39 is 5.41 Å². The predicted molar refractivity (Wildman–Crippen MR) is 237 cm³/mol. The average molecular weight is 728 g/mol. The molecule has 0 saturated carbocycles. The van der Waals surface area contributed by atoms with Crippen molar-refractivity contribution in [3.63, 3.8) is 0 Å². The minimum Gasteiger partial charge on any atom is -0.456 e. The lowest BCUT2D eigenvalue weighted by atomic mass is 9.67. The van der Waals surface area contributed by atoms with E-state index in [1.54, 1.807) is 0 Å². The molecule has 0 unspecified atom stereocenters. The predicted octanol–water partition coefficient (Wildman–Crippen LogP) is 14.8. The molecule has 0 aliphatic heterocycles. The lowest BCUT2D eigenvalue weighted by Crippen LogP contribution is -2.28. The van der Waals surface area contributed by atoms with Crippen LogP contribution in [0.3, 0.4) is 0 Å². The highest BCUT2D eigenvalue weighted by molar-refractivity contribution is 6.14. The second-order valence-corrected chi connectivity index (χ2v) is 14.8. The van der Waals surface area contributed by atoms with Crippen molar-refractivity contribution in [2.24, 2.45) is 0 Å². The number of rotatable bonds is 7. The first-order chi connectivity index (χ1) is 28.3. The Morgan fingerprint density at radius 2 is 0.895 bits per heavy atom.